The van der Waals surface area contributed by atoms with Crippen LogP contribution in [0.25, 0.3) is 0 Å². The molecule has 288 valence electrons. The largest absolute Gasteiger partial charge is 0.369 e. The summed E-state index contributed by atoms with van der Waals surface area (Å²) in [6.45, 7) is 4.08. The van der Waals surface area contributed by atoms with Gasteiger partial charge in [-0.25, -0.2) is 4.39 Å². The average molecular weight is 796 g/mol. The molecule has 1 atom stereocenters. The van der Waals surface area contributed by atoms with Gasteiger partial charge < -0.3 is 9.80 Å². The zero-order valence-corrected chi connectivity index (χ0v) is 32.1. The van der Waals surface area contributed by atoms with Crippen molar-refractivity contribution in [3.05, 3.63) is 87.7 Å². The molecule has 3 aromatic carbocycles. The van der Waals surface area contributed by atoms with Gasteiger partial charge in [-0.15, -0.1) is 0 Å². The van der Waals surface area contributed by atoms with E-state index in [1.54, 1.807) is 41.3 Å². The van der Waals surface area contributed by atoms with E-state index in [0.717, 1.165) is 69.0 Å². The molecular weight excluding hydrogens is 757 g/mol. The Kier molecular flexibility index (Phi) is 10.1. The Balaban J connectivity index is 0.815. The summed E-state index contributed by atoms with van der Waals surface area (Å²) in [6, 6.07) is 16.2. The van der Waals surface area contributed by atoms with Crippen molar-refractivity contribution in [2.45, 2.75) is 69.4 Å². The highest BCUT2D eigenvalue weighted by molar-refractivity contribution is 7.81. The summed E-state index contributed by atoms with van der Waals surface area (Å²) < 4.78 is 15.6. The van der Waals surface area contributed by atoms with Crippen molar-refractivity contribution in [2.24, 2.45) is 0 Å². The number of piperazine rings is 1. The number of thiocarbonyl (C=S) groups is 1. The quantitative estimate of drug-likeness (QED) is 0.163. The van der Waals surface area contributed by atoms with Crippen molar-refractivity contribution in [1.82, 2.24) is 15.1 Å². The summed E-state index contributed by atoms with van der Waals surface area (Å²) in [6.07, 6.45) is 5.58. The number of nitrogens with zero attached hydrogens (tertiary/aromatic N) is 6. The first kappa shape index (κ1) is 37.7. The molecule has 15 heteroatoms. The maximum Gasteiger partial charge on any atom is 0.262 e. The summed E-state index contributed by atoms with van der Waals surface area (Å²) in [5, 5.41) is 12.0. The number of amides is 5. The van der Waals surface area contributed by atoms with Crippen molar-refractivity contribution in [3.63, 3.8) is 0 Å². The number of rotatable bonds is 10. The molecule has 8 rings (SSSR count). The molecule has 1 N–H and O–H groups in total. The van der Waals surface area contributed by atoms with Gasteiger partial charge in [0, 0.05) is 44.0 Å². The van der Waals surface area contributed by atoms with Gasteiger partial charge in [-0.3, -0.25) is 44.0 Å². The molecule has 56 heavy (non-hydrogen) atoms. The zero-order valence-electron chi connectivity index (χ0n) is 30.6. The molecule has 4 heterocycles. The number of nitriles is 1. The zero-order chi connectivity index (χ0) is 39.3. The Morgan fingerprint density at radius 3 is 2.29 bits per heavy atom. The molecule has 12 nitrogen and oxygen atoms in total. The lowest BCUT2D eigenvalue weighted by Gasteiger charge is -2.43. The molecular formula is C41H39ClFN7O5S. The Labute approximate surface area is 333 Å². The number of carbonyl (C=O) groups is 5. The van der Waals surface area contributed by atoms with E-state index >= 15 is 4.39 Å². The number of unbranched alkanes of at least 4 members (excludes halogenated alkanes) is 2. The minimum absolute atomic E-state index is 0.0759. The molecule has 1 saturated carbocycles. The SMILES string of the molecule is N#Cc1ccc(N2C(=O)C3(CCC3)N(c3ccc(CCCCCN4CCN(c5ccc6c(c5)C(=O)N(C5CCC(=O)NC5=O)C6=O)CC4)c(F)c3)C2=S)cc1Cl. The molecule has 0 radical (unpaired) electrons. The maximum atomic E-state index is 15.6. The van der Waals surface area contributed by atoms with Crippen LogP contribution in [0.4, 0.5) is 21.5 Å². The van der Waals surface area contributed by atoms with Crippen molar-refractivity contribution in [1.29, 1.82) is 5.26 Å². The molecule has 5 amide bonds. The second-order valence-electron chi connectivity index (χ2n) is 15.0. The van der Waals surface area contributed by atoms with Crippen LogP contribution in [0, 0.1) is 17.1 Å². The topological polar surface area (TPSA) is 137 Å². The third-order valence-corrected chi connectivity index (χ3v) is 12.5. The number of halogens is 2. The van der Waals surface area contributed by atoms with Crippen LogP contribution in [0.15, 0.2) is 54.6 Å². The van der Waals surface area contributed by atoms with Crippen molar-refractivity contribution >= 4 is 75.5 Å². The number of imide groups is 2. The first-order chi connectivity index (χ1) is 27.0. The van der Waals surface area contributed by atoms with E-state index in [2.05, 4.69) is 15.1 Å². The van der Waals surface area contributed by atoms with Gasteiger partial charge in [-0.05, 0) is 118 Å². The number of nitrogens with one attached hydrogen (secondary N) is 1. The molecule has 1 spiro atoms. The number of piperidine rings is 1. The van der Waals surface area contributed by atoms with Crippen molar-refractivity contribution < 1.29 is 28.4 Å². The van der Waals surface area contributed by atoms with Gasteiger partial charge in [-0.1, -0.05) is 24.1 Å². The minimum atomic E-state index is -0.991. The molecule has 4 aliphatic heterocycles. The normalized spacial score (nSPS) is 20.8. The second-order valence-corrected chi connectivity index (χ2v) is 15.8. The standard InChI is InChI=1S/C41H39ClFN7O5S/c42-32-22-28(8-7-26(32)24-44)48-39(55)41(14-4-15-41)50(40(48)56)29-9-6-25(33(43)23-29)5-2-1-3-16-46-17-19-47(20-18-46)27-10-11-30-31(21-27)38(54)49(37(30)53)34-12-13-35(51)45-36(34)52/h6-11,21-23,34H,1-5,12-20H2,(H,45,51,52). The minimum Gasteiger partial charge on any atom is -0.369 e. The number of fused-ring (bicyclic) bond motifs is 1. The lowest BCUT2D eigenvalue weighted by atomic mass is 9.75. The molecule has 1 aliphatic carbocycles. The van der Waals surface area contributed by atoms with Gasteiger partial charge in [0.15, 0.2) is 5.11 Å². The van der Waals surface area contributed by atoms with Crippen LogP contribution in [-0.2, 0) is 20.8 Å². The van der Waals surface area contributed by atoms with Crippen LogP contribution in [0.1, 0.15) is 83.2 Å². The number of aryl methyl sites for hydroxylation is 1. The number of anilines is 3. The monoisotopic (exact) mass is 795 g/mol. The smallest absolute Gasteiger partial charge is 0.262 e. The van der Waals surface area contributed by atoms with E-state index in [4.69, 9.17) is 23.8 Å². The molecule has 4 fully saturated rings. The van der Waals surface area contributed by atoms with E-state index in [1.807, 2.05) is 18.2 Å². The Hall–Kier alpha value is -5.23. The summed E-state index contributed by atoms with van der Waals surface area (Å²) in [7, 11) is 0. The molecule has 5 aliphatic rings. The lowest BCUT2D eigenvalue weighted by molar-refractivity contribution is -0.136. The predicted octanol–water partition coefficient (Wildman–Crippen LogP) is 5.35. The third kappa shape index (κ3) is 6.51. The molecule has 3 saturated heterocycles. The third-order valence-electron chi connectivity index (χ3n) is 11.8. The van der Waals surface area contributed by atoms with Crippen LogP contribution in [-0.4, -0.2) is 88.8 Å². The lowest BCUT2D eigenvalue weighted by Crippen LogP contribution is -2.55. The highest BCUT2D eigenvalue weighted by Crippen LogP contribution is 2.48. The van der Waals surface area contributed by atoms with Crippen LogP contribution in [0.3, 0.4) is 0 Å². The fourth-order valence-corrected chi connectivity index (χ4v) is 9.22. The Morgan fingerprint density at radius 1 is 0.875 bits per heavy atom. The molecule has 1 unspecified atom stereocenters. The van der Waals surface area contributed by atoms with E-state index in [9.17, 15) is 29.2 Å². The molecule has 3 aromatic rings. The van der Waals surface area contributed by atoms with Gasteiger partial charge in [0.25, 0.3) is 17.7 Å². The number of benzene rings is 3. The van der Waals surface area contributed by atoms with Crippen LogP contribution >= 0.6 is 23.8 Å². The highest BCUT2D eigenvalue weighted by atomic mass is 35.5. The van der Waals surface area contributed by atoms with E-state index in [-0.39, 0.29) is 45.8 Å². The van der Waals surface area contributed by atoms with E-state index < -0.39 is 35.2 Å². The predicted molar refractivity (Wildman–Crippen MR) is 211 cm³/mol. The van der Waals surface area contributed by atoms with E-state index in [1.165, 1.54) is 11.0 Å². The first-order valence-corrected chi connectivity index (χ1v) is 19.8. The summed E-state index contributed by atoms with van der Waals surface area (Å²) in [5.41, 5.74) is 2.47. The fraction of sp³-hybridized carbons (Fsp3) is 0.390. The van der Waals surface area contributed by atoms with Crippen molar-refractivity contribution in [3.8, 4) is 6.07 Å². The summed E-state index contributed by atoms with van der Waals surface area (Å²) in [5.74, 6) is -2.55. The summed E-state index contributed by atoms with van der Waals surface area (Å²) >= 11 is 12.1. The average Bonchev–Trinajstić information content (AvgIpc) is 3.56. The second kappa shape index (κ2) is 15.0. The molecule has 0 bridgehead atoms. The summed E-state index contributed by atoms with van der Waals surface area (Å²) in [4.78, 5) is 72.9. The van der Waals surface area contributed by atoms with Crippen LogP contribution in [0.2, 0.25) is 5.02 Å². The fourth-order valence-electron chi connectivity index (χ4n) is 8.53. The number of hydrogen-bond acceptors (Lipinski definition) is 9. The first-order valence-electron chi connectivity index (χ1n) is 19.0. The Bertz CT molecular complexity index is 2230. The maximum absolute atomic E-state index is 15.6. The van der Waals surface area contributed by atoms with Gasteiger partial charge in [-0.2, -0.15) is 5.26 Å². The number of carbonyl (C=O) groups excluding carboxylic acids is 5. The van der Waals surface area contributed by atoms with E-state index in [0.29, 0.717) is 41.8 Å². The van der Waals surface area contributed by atoms with Gasteiger partial charge in [0.05, 0.1) is 27.4 Å². The van der Waals surface area contributed by atoms with Crippen LogP contribution < -0.4 is 20.0 Å². The molecule has 0 aromatic heterocycles. The van der Waals surface area contributed by atoms with Gasteiger partial charge in [0.1, 0.15) is 23.5 Å². The highest BCUT2D eigenvalue weighted by Gasteiger charge is 2.59. The Morgan fingerprint density at radius 2 is 1.61 bits per heavy atom. The van der Waals surface area contributed by atoms with Crippen molar-refractivity contribution in [2.75, 3.05) is 47.4 Å². The van der Waals surface area contributed by atoms with Crippen LogP contribution in [0.5, 0.6) is 0 Å². The van der Waals surface area contributed by atoms with Gasteiger partial charge >= 0.3 is 0 Å². The van der Waals surface area contributed by atoms with Gasteiger partial charge in [0.2, 0.25) is 11.8 Å². The number of hydrogen-bond donors (Lipinski definition) is 1.